The van der Waals surface area contributed by atoms with E-state index in [1.54, 1.807) is 0 Å². The van der Waals surface area contributed by atoms with Crippen LogP contribution in [0.1, 0.15) is 26.3 Å². The summed E-state index contributed by atoms with van der Waals surface area (Å²) in [6, 6.07) is 7.74. The van der Waals surface area contributed by atoms with Gasteiger partial charge in [-0.25, -0.2) is 0 Å². The van der Waals surface area contributed by atoms with Crippen molar-refractivity contribution in [3.8, 4) is 0 Å². The largest absolute Gasteiger partial charge is 0.352 e. The summed E-state index contributed by atoms with van der Waals surface area (Å²) in [5.74, 6) is -0.0166. The van der Waals surface area contributed by atoms with Crippen LogP contribution in [0.15, 0.2) is 24.3 Å². The molecule has 1 atom stereocenters. The van der Waals surface area contributed by atoms with Gasteiger partial charge < -0.3 is 5.32 Å². The van der Waals surface area contributed by atoms with Gasteiger partial charge >= 0.3 is 0 Å². The van der Waals surface area contributed by atoms with Gasteiger partial charge in [-0.05, 0) is 38.8 Å². The van der Waals surface area contributed by atoms with Gasteiger partial charge in [-0.1, -0.05) is 45.7 Å². The number of hydrogen-bond acceptors (Lipinski definition) is 1. The topological polar surface area (TPSA) is 29.1 Å². The van der Waals surface area contributed by atoms with Crippen LogP contribution in [0.5, 0.6) is 0 Å². The van der Waals surface area contributed by atoms with E-state index in [2.05, 4.69) is 21.2 Å². The third-order valence-corrected chi connectivity index (χ3v) is 3.13. The second-order valence-electron chi connectivity index (χ2n) is 4.64. The van der Waals surface area contributed by atoms with Gasteiger partial charge in [0.25, 0.3) is 0 Å². The molecule has 0 bridgehead atoms. The highest BCUT2D eigenvalue weighted by molar-refractivity contribution is 9.10. The third kappa shape index (κ3) is 4.68. The van der Waals surface area contributed by atoms with E-state index in [4.69, 9.17) is 11.6 Å². The lowest BCUT2D eigenvalue weighted by atomic mass is 10.1. The molecular weight excluding hydrogens is 302 g/mol. The smallest absolute Gasteiger partial charge is 0.236 e. The predicted molar refractivity (Wildman–Crippen MR) is 75.8 cm³/mol. The predicted octanol–water partition coefficient (Wildman–Crippen LogP) is 3.56. The second kappa shape index (κ2) is 5.87. The summed E-state index contributed by atoms with van der Waals surface area (Å²) >= 11 is 9.41. The van der Waals surface area contributed by atoms with Crippen molar-refractivity contribution in [2.45, 2.75) is 37.6 Å². The third-order valence-electron chi connectivity index (χ3n) is 2.40. The maximum absolute atomic E-state index is 11.8. The molecule has 1 unspecified atom stereocenters. The molecule has 1 N–H and O–H groups in total. The van der Waals surface area contributed by atoms with Gasteiger partial charge in [0.05, 0.1) is 4.32 Å². The summed E-state index contributed by atoms with van der Waals surface area (Å²) in [5.41, 5.74) is 1.05. The number of alkyl halides is 1. The average molecular weight is 319 g/mol. The molecule has 1 amide bonds. The van der Waals surface area contributed by atoms with Crippen LogP contribution >= 0.6 is 27.5 Å². The fourth-order valence-electron chi connectivity index (χ4n) is 1.44. The van der Waals surface area contributed by atoms with Crippen molar-refractivity contribution in [2.24, 2.45) is 0 Å². The Kier molecular flexibility index (Phi) is 5.02. The van der Waals surface area contributed by atoms with E-state index in [1.165, 1.54) is 0 Å². The molecule has 17 heavy (non-hydrogen) atoms. The Balaban J connectivity index is 2.59. The Morgan fingerprint density at radius 3 is 2.59 bits per heavy atom. The van der Waals surface area contributed by atoms with Crippen LogP contribution < -0.4 is 5.32 Å². The average Bonchev–Trinajstić information content (AvgIpc) is 2.20. The maximum atomic E-state index is 11.8. The minimum atomic E-state index is -0.540. The van der Waals surface area contributed by atoms with Crippen LogP contribution in [0.2, 0.25) is 5.02 Å². The first-order valence-corrected chi connectivity index (χ1v) is 6.71. The fraction of sp³-hybridized carbons (Fsp3) is 0.462. The summed E-state index contributed by atoms with van der Waals surface area (Å²) in [6.45, 7) is 5.62. The van der Waals surface area contributed by atoms with Crippen molar-refractivity contribution in [2.75, 3.05) is 0 Å². The number of hydrogen-bond donors (Lipinski definition) is 1. The van der Waals surface area contributed by atoms with Crippen molar-refractivity contribution in [3.63, 3.8) is 0 Å². The van der Waals surface area contributed by atoms with Crippen molar-refractivity contribution in [1.29, 1.82) is 0 Å². The number of rotatable bonds is 4. The van der Waals surface area contributed by atoms with Crippen LogP contribution in [0, 0.1) is 0 Å². The Bertz CT molecular complexity index is 401. The Morgan fingerprint density at radius 1 is 1.47 bits per heavy atom. The van der Waals surface area contributed by atoms with Gasteiger partial charge in [-0.3, -0.25) is 4.79 Å². The molecule has 0 aromatic heterocycles. The zero-order valence-corrected chi connectivity index (χ0v) is 12.6. The van der Waals surface area contributed by atoms with E-state index in [9.17, 15) is 4.79 Å². The molecule has 0 saturated heterocycles. The highest BCUT2D eigenvalue weighted by atomic mass is 79.9. The number of carbonyl (C=O) groups excluding carboxylic acids is 1. The van der Waals surface area contributed by atoms with E-state index < -0.39 is 4.32 Å². The molecule has 0 saturated carbocycles. The van der Waals surface area contributed by atoms with Crippen LogP contribution in [-0.4, -0.2) is 16.3 Å². The van der Waals surface area contributed by atoms with Crippen molar-refractivity contribution in [3.05, 3.63) is 34.9 Å². The second-order valence-corrected chi connectivity index (χ2v) is 7.03. The molecule has 1 rings (SSSR count). The van der Waals surface area contributed by atoms with Crippen molar-refractivity contribution >= 4 is 33.4 Å². The Hall–Kier alpha value is -0.540. The molecule has 1 aromatic carbocycles. The van der Waals surface area contributed by atoms with Crippen LogP contribution in [0.3, 0.4) is 0 Å². The molecular formula is C13H17BrClNO. The van der Waals surface area contributed by atoms with Gasteiger partial charge in [0, 0.05) is 11.1 Å². The normalized spacial score (nSPS) is 13.2. The zero-order valence-electron chi connectivity index (χ0n) is 10.3. The van der Waals surface area contributed by atoms with Crippen LogP contribution in [0.25, 0.3) is 0 Å². The van der Waals surface area contributed by atoms with Gasteiger partial charge in [-0.2, -0.15) is 0 Å². The van der Waals surface area contributed by atoms with E-state index in [0.717, 1.165) is 17.0 Å². The molecule has 0 aliphatic rings. The SMILES string of the molecule is CC(Cc1ccccc1Cl)NC(=O)C(C)(C)Br. The molecule has 0 spiro atoms. The van der Waals surface area contributed by atoms with E-state index in [1.807, 2.05) is 45.0 Å². The molecule has 2 nitrogen and oxygen atoms in total. The highest BCUT2D eigenvalue weighted by Gasteiger charge is 2.24. The van der Waals surface area contributed by atoms with E-state index in [0.29, 0.717) is 0 Å². The molecule has 4 heteroatoms. The van der Waals surface area contributed by atoms with Crippen molar-refractivity contribution < 1.29 is 4.79 Å². The summed E-state index contributed by atoms with van der Waals surface area (Å²) < 4.78 is -0.540. The molecule has 94 valence electrons. The van der Waals surface area contributed by atoms with Gasteiger partial charge in [0.1, 0.15) is 0 Å². The van der Waals surface area contributed by atoms with Crippen LogP contribution in [-0.2, 0) is 11.2 Å². The Labute approximate surface area is 116 Å². The molecule has 1 aromatic rings. The van der Waals surface area contributed by atoms with Gasteiger partial charge in [0.15, 0.2) is 0 Å². The van der Waals surface area contributed by atoms with E-state index >= 15 is 0 Å². The Morgan fingerprint density at radius 2 is 2.06 bits per heavy atom. The fourth-order valence-corrected chi connectivity index (χ4v) is 1.77. The summed E-state index contributed by atoms with van der Waals surface area (Å²) in [4.78, 5) is 11.8. The van der Waals surface area contributed by atoms with Crippen LogP contribution in [0.4, 0.5) is 0 Å². The number of halogens is 2. The van der Waals surface area contributed by atoms with Gasteiger partial charge in [-0.15, -0.1) is 0 Å². The summed E-state index contributed by atoms with van der Waals surface area (Å²) in [5, 5.41) is 3.69. The van der Waals surface area contributed by atoms with Crippen molar-refractivity contribution in [1.82, 2.24) is 5.32 Å². The molecule has 0 aliphatic heterocycles. The minimum absolute atomic E-state index is 0.0166. The lowest BCUT2D eigenvalue weighted by Crippen LogP contribution is -2.43. The van der Waals surface area contributed by atoms with Gasteiger partial charge in [0.2, 0.25) is 5.91 Å². The lowest BCUT2D eigenvalue weighted by Gasteiger charge is -2.20. The first-order chi connectivity index (χ1) is 7.80. The molecule has 0 fully saturated rings. The first-order valence-electron chi connectivity index (χ1n) is 5.54. The number of benzene rings is 1. The monoisotopic (exact) mass is 317 g/mol. The first kappa shape index (κ1) is 14.5. The molecule has 0 heterocycles. The number of carbonyl (C=O) groups is 1. The molecule has 0 radical (unpaired) electrons. The highest BCUT2D eigenvalue weighted by Crippen LogP contribution is 2.18. The van der Waals surface area contributed by atoms with E-state index in [-0.39, 0.29) is 11.9 Å². The summed E-state index contributed by atoms with van der Waals surface area (Å²) in [7, 11) is 0. The lowest BCUT2D eigenvalue weighted by molar-refractivity contribution is -0.123. The zero-order chi connectivity index (χ0) is 13.1. The number of nitrogens with one attached hydrogen (secondary N) is 1. The standard InChI is InChI=1S/C13H17BrClNO/c1-9(16-12(17)13(2,3)14)8-10-6-4-5-7-11(10)15/h4-7,9H,8H2,1-3H3,(H,16,17). The summed E-state index contributed by atoms with van der Waals surface area (Å²) in [6.07, 6.45) is 0.731. The quantitative estimate of drug-likeness (QED) is 0.845. The number of amides is 1. The molecule has 0 aliphatic carbocycles. The minimum Gasteiger partial charge on any atom is -0.352 e. The maximum Gasteiger partial charge on any atom is 0.236 e.